The third-order valence-corrected chi connectivity index (χ3v) is 7.63. The molecular formula is C29H34F3N7O6S. The van der Waals surface area contributed by atoms with E-state index in [0.29, 0.717) is 36.1 Å². The molecule has 0 spiro atoms. The van der Waals surface area contributed by atoms with Crippen molar-refractivity contribution in [3.8, 4) is 17.4 Å². The van der Waals surface area contributed by atoms with Gasteiger partial charge in [0, 0.05) is 50.9 Å². The van der Waals surface area contributed by atoms with E-state index in [0.717, 1.165) is 43.3 Å². The number of sulfonamides is 1. The fourth-order valence-corrected chi connectivity index (χ4v) is 5.37. The average molecular weight is 666 g/mol. The molecule has 0 bridgehead atoms. The summed E-state index contributed by atoms with van der Waals surface area (Å²) in [6, 6.07) is 10.2. The summed E-state index contributed by atoms with van der Waals surface area (Å²) in [6.45, 7) is 4.74. The van der Waals surface area contributed by atoms with Gasteiger partial charge in [0.1, 0.15) is 11.5 Å². The molecule has 0 aliphatic carbocycles. The van der Waals surface area contributed by atoms with Crippen molar-refractivity contribution in [3.05, 3.63) is 65.7 Å². The van der Waals surface area contributed by atoms with Gasteiger partial charge in [-0.3, -0.25) is 9.62 Å². The zero-order valence-corrected chi connectivity index (χ0v) is 26.3. The van der Waals surface area contributed by atoms with E-state index in [1.54, 1.807) is 29.9 Å². The van der Waals surface area contributed by atoms with Crippen molar-refractivity contribution in [1.82, 2.24) is 24.3 Å². The number of benzene rings is 2. The van der Waals surface area contributed by atoms with Gasteiger partial charge in [0.15, 0.2) is 11.5 Å². The number of ether oxygens (including phenoxy) is 2. The Morgan fingerprint density at radius 1 is 1.11 bits per heavy atom. The van der Waals surface area contributed by atoms with Crippen LogP contribution in [0, 0.1) is 0 Å². The summed E-state index contributed by atoms with van der Waals surface area (Å²) in [7, 11) is 1.28. The largest absolute Gasteiger partial charge is 0.492 e. The van der Waals surface area contributed by atoms with E-state index in [1.165, 1.54) is 7.11 Å². The Bertz CT molecular complexity index is 1820. The maximum Gasteiger partial charge on any atom is 0.416 e. The van der Waals surface area contributed by atoms with Crippen LogP contribution in [0.15, 0.2) is 48.7 Å². The molecule has 4 aromatic rings. The fourth-order valence-electron chi connectivity index (χ4n) is 4.82. The van der Waals surface area contributed by atoms with E-state index in [9.17, 15) is 31.5 Å². The molecule has 0 radical (unpaired) electrons. The van der Waals surface area contributed by atoms with Gasteiger partial charge in [-0.2, -0.15) is 18.2 Å². The first-order chi connectivity index (χ1) is 21.6. The number of hydrogen-bond acceptors (Lipinski definition) is 10. The maximum absolute atomic E-state index is 12.5. The van der Waals surface area contributed by atoms with E-state index < -0.39 is 27.7 Å². The first kappa shape index (κ1) is 34.3. The lowest BCUT2D eigenvalue weighted by atomic mass is 10.1. The van der Waals surface area contributed by atoms with Gasteiger partial charge in [0.25, 0.3) is 0 Å². The summed E-state index contributed by atoms with van der Waals surface area (Å²) in [5.41, 5.74) is 4.60. The lowest BCUT2D eigenvalue weighted by Gasteiger charge is -2.31. The summed E-state index contributed by atoms with van der Waals surface area (Å²) >= 11 is 0. The molecule has 2 aromatic carbocycles. The number of nitrogens with two attached hydrogens (primary N) is 1. The Morgan fingerprint density at radius 2 is 1.80 bits per heavy atom. The number of piperazine rings is 1. The van der Waals surface area contributed by atoms with Crippen LogP contribution in [0.5, 0.6) is 17.4 Å². The number of nitrogen functional groups attached to an aromatic ring is 1. The number of aromatic carboxylic acids is 1. The van der Waals surface area contributed by atoms with Gasteiger partial charge in [0.05, 0.1) is 42.4 Å². The number of methoxy groups -OCH3 is 1. The second kappa shape index (κ2) is 13.8. The average Bonchev–Trinajstić information content (AvgIpc) is 3.31. The van der Waals surface area contributed by atoms with Gasteiger partial charge >= 0.3 is 12.1 Å². The number of fused-ring (bicyclic) bond motifs is 1. The van der Waals surface area contributed by atoms with Crippen LogP contribution < -0.4 is 19.9 Å². The maximum atomic E-state index is 12.5. The predicted octanol–water partition coefficient (Wildman–Crippen LogP) is 3.87. The van der Waals surface area contributed by atoms with Crippen LogP contribution in [0.1, 0.15) is 21.9 Å². The number of anilines is 2. The first-order valence-corrected chi connectivity index (χ1v) is 15.7. The Morgan fingerprint density at radius 3 is 2.41 bits per heavy atom. The molecule has 1 aliphatic heterocycles. The standard InChI is InChI=1S/C20H23N5O3.C9H11F3N2O3S/c1-23-8-10-25(11-9-23)13-17-21-7-6-18(22-17)28-16-5-3-4-14-12-15(20(26)27)24(2)19(14)16;1-17-8-6(13)3-5(9(10,11)12)4-7(8)14-18(2,15)16/h3-7,12H,8-11,13H2,1-2H3,(H,26,27);3-4,14H,13H2,1-2H3. The van der Waals surface area contributed by atoms with Gasteiger partial charge in [-0.05, 0) is 31.3 Å². The molecule has 13 nitrogen and oxygen atoms in total. The van der Waals surface area contributed by atoms with Crippen molar-refractivity contribution < 1.29 is 41.0 Å². The third-order valence-electron chi connectivity index (χ3n) is 7.04. The molecule has 1 aliphatic rings. The zero-order valence-electron chi connectivity index (χ0n) is 25.5. The SMILES string of the molecule is CN1CCN(Cc2nccc(Oc3cccc4cc(C(=O)O)n(C)c34)n2)CC1.COc1c(N)cc(C(F)(F)F)cc1NS(C)(=O)=O. The van der Waals surface area contributed by atoms with Crippen molar-refractivity contribution in [2.75, 3.05) is 57.0 Å². The molecule has 1 saturated heterocycles. The minimum absolute atomic E-state index is 0.159. The van der Waals surface area contributed by atoms with Gasteiger partial charge in [-0.15, -0.1) is 0 Å². The Kier molecular flexibility index (Phi) is 10.3. The normalized spacial score (nSPS) is 14.4. The van der Waals surface area contributed by atoms with Crippen LogP contribution in [0.4, 0.5) is 24.5 Å². The smallest absolute Gasteiger partial charge is 0.416 e. The van der Waals surface area contributed by atoms with Crippen LogP contribution in [0.3, 0.4) is 0 Å². The van der Waals surface area contributed by atoms with Gasteiger partial charge in [0.2, 0.25) is 15.9 Å². The van der Waals surface area contributed by atoms with Crippen molar-refractivity contribution in [1.29, 1.82) is 0 Å². The quantitative estimate of drug-likeness (QED) is 0.234. The zero-order chi connectivity index (χ0) is 33.8. The molecule has 0 unspecified atom stereocenters. The number of alkyl halides is 3. The molecule has 17 heteroatoms. The summed E-state index contributed by atoms with van der Waals surface area (Å²) in [4.78, 5) is 25.0. The highest BCUT2D eigenvalue weighted by Crippen LogP contribution is 2.39. The molecule has 0 saturated carbocycles. The number of halogens is 3. The molecule has 4 N–H and O–H groups in total. The molecule has 3 heterocycles. The Hall–Kier alpha value is -4.61. The number of hydrogen-bond donors (Lipinski definition) is 3. The van der Waals surface area contributed by atoms with Crippen LogP contribution in [-0.2, 0) is 29.8 Å². The molecular weight excluding hydrogens is 631 g/mol. The number of carboxylic acids is 1. The number of nitrogens with zero attached hydrogens (tertiary/aromatic N) is 5. The van der Waals surface area contributed by atoms with Crippen molar-refractivity contribution in [3.63, 3.8) is 0 Å². The number of carboxylic acid groups (broad SMARTS) is 1. The van der Waals surface area contributed by atoms with Crippen LogP contribution in [0.2, 0.25) is 0 Å². The minimum atomic E-state index is -4.63. The molecule has 2 aromatic heterocycles. The number of aromatic nitrogens is 3. The van der Waals surface area contributed by atoms with E-state index in [1.807, 2.05) is 22.9 Å². The monoisotopic (exact) mass is 665 g/mol. The highest BCUT2D eigenvalue weighted by atomic mass is 32.2. The summed E-state index contributed by atoms with van der Waals surface area (Å²) in [5.74, 6) is 0.600. The molecule has 46 heavy (non-hydrogen) atoms. The summed E-state index contributed by atoms with van der Waals surface area (Å²) in [6.07, 6.45) is -2.13. The number of aryl methyl sites for hydroxylation is 1. The number of carbonyl (C=O) groups is 1. The van der Waals surface area contributed by atoms with Gasteiger partial charge in [-0.1, -0.05) is 12.1 Å². The summed E-state index contributed by atoms with van der Waals surface area (Å²) in [5, 5.41) is 10.2. The molecule has 0 atom stereocenters. The first-order valence-electron chi connectivity index (χ1n) is 13.8. The lowest BCUT2D eigenvalue weighted by molar-refractivity contribution is -0.137. The highest BCUT2D eigenvalue weighted by molar-refractivity contribution is 7.92. The minimum Gasteiger partial charge on any atom is -0.492 e. The Balaban J connectivity index is 0.000000232. The van der Waals surface area contributed by atoms with Gasteiger partial charge in [-0.25, -0.2) is 18.2 Å². The van der Waals surface area contributed by atoms with E-state index in [4.69, 9.17) is 15.2 Å². The second-order valence-corrected chi connectivity index (χ2v) is 12.3. The topological polar surface area (TPSA) is 165 Å². The van der Waals surface area contributed by atoms with Crippen LogP contribution in [0.25, 0.3) is 10.9 Å². The van der Waals surface area contributed by atoms with Crippen molar-refractivity contribution in [2.45, 2.75) is 12.7 Å². The molecule has 1 fully saturated rings. The number of rotatable bonds is 8. The van der Waals surface area contributed by atoms with Crippen molar-refractivity contribution in [2.24, 2.45) is 7.05 Å². The van der Waals surface area contributed by atoms with Crippen molar-refractivity contribution >= 4 is 38.3 Å². The summed E-state index contributed by atoms with van der Waals surface area (Å²) < 4.78 is 74.1. The number of nitrogens with one attached hydrogen (secondary N) is 1. The van der Waals surface area contributed by atoms with E-state index >= 15 is 0 Å². The Labute approximate surface area is 263 Å². The second-order valence-electron chi connectivity index (χ2n) is 10.6. The fraction of sp³-hybridized carbons (Fsp3) is 0.345. The molecule has 0 amide bonds. The number of likely N-dealkylation sites (N-methyl/N-ethyl adjacent to an activating group) is 1. The predicted molar refractivity (Wildman–Crippen MR) is 166 cm³/mol. The van der Waals surface area contributed by atoms with Crippen LogP contribution >= 0.6 is 0 Å². The molecule has 248 valence electrons. The third kappa shape index (κ3) is 8.55. The highest BCUT2D eigenvalue weighted by Gasteiger charge is 2.32. The lowest BCUT2D eigenvalue weighted by Crippen LogP contribution is -2.44. The van der Waals surface area contributed by atoms with Gasteiger partial charge < -0.3 is 29.8 Å². The van der Waals surface area contributed by atoms with E-state index in [-0.39, 0.29) is 22.8 Å². The van der Waals surface area contributed by atoms with Crippen LogP contribution in [-0.4, -0.2) is 90.4 Å². The van der Waals surface area contributed by atoms with E-state index in [2.05, 4.69) is 26.8 Å². The molecule has 5 rings (SSSR count). The number of para-hydroxylation sites is 1.